The molecule has 7 aromatic rings. The average Bonchev–Trinajstić information content (AvgIpc) is 4.06. The van der Waals surface area contributed by atoms with Crippen molar-refractivity contribution in [3.05, 3.63) is 89.5 Å². The number of likely N-dealkylation sites (N-methyl/N-ethyl adjacent to an activating group) is 1. The lowest BCUT2D eigenvalue weighted by Gasteiger charge is -2.31. The third-order valence-corrected chi connectivity index (χ3v) is 14.6. The van der Waals surface area contributed by atoms with E-state index in [1.807, 2.05) is 69.2 Å². The van der Waals surface area contributed by atoms with Crippen LogP contribution in [0.3, 0.4) is 0 Å². The van der Waals surface area contributed by atoms with Crippen molar-refractivity contribution in [2.75, 3.05) is 61.7 Å². The minimum absolute atomic E-state index is 0.198. The second kappa shape index (κ2) is 19.5. The summed E-state index contributed by atoms with van der Waals surface area (Å²) in [5.74, 6) is 0.537. The highest BCUT2D eigenvalue weighted by Gasteiger charge is 2.47. The van der Waals surface area contributed by atoms with Crippen molar-refractivity contribution < 1.29 is 34.7 Å². The molecule has 7 unspecified atom stereocenters. The molecule has 2 aliphatic rings. The number of ether oxygens (including phenoxy) is 1. The number of aryl methyl sites for hydroxylation is 2. The number of benzene rings is 3. The Morgan fingerprint density at radius 1 is 0.791 bits per heavy atom. The molecule has 0 aliphatic heterocycles. The zero-order valence-electron chi connectivity index (χ0n) is 37.4. The standard InChI is InChI=1S/C47H54FN11O6S2/c1-24-36(43-54-31-10-5-6-11-34(31)66-43)41(56-46(52-24)50-21-26-8-7-9-29(48)18-26)53-33-19-28(23-61)39(38(33)62)65-30-12-13-35-32(20-30)55-44(67-35)37-25(2)51-45(49-16-17-59(3)4)57-42(37)58-47(64)15-14-27(22-60)40(47)63/h5-13,18,20,27-28,33,38-40,60-64H,14-17,19,21-23H2,1-4H3,(H2,49,51,57,58)(H2,50,52,53,56). The van der Waals surface area contributed by atoms with Crippen molar-refractivity contribution in [3.63, 3.8) is 0 Å². The number of fused-ring (bicyclic) bond motifs is 2. The van der Waals surface area contributed by atoms with Gasteiger partial charge in [-0.15, -0.1) is 22.7 Å². The monoisotopic (exact) mass is 951 g/mol. The highest BCUT2D eigenvalue weighted by atomic mass is 32.1. The van der Waals surface area contributed by atoms with Crippen LogP contribution in [0.2, 0.25) is 0 Å². The van der Waals surface area contributed by atoms with E-state index in [4.69, 9.17) is 34.6 Å². The Morgan fingerprint density at radius 3 is 2.18 bits per heavy atom. The van der Waals surface area contributed by atoms with Crippen LogP contribution in [0.4, 0.5) is 27.9 Å². The fourth-order valence-electron chi connectivity index (χ4n) is 8.86. The zero-order chi connectivity index (χ0) is 47.0. The topological polar surface area (TPSA) is 239 Å². The van der Waals surface area contributed by atoms with Crippen molar-refractivity contribution in [3.8, 4) is 26.9 Å². The van der Waals surface area contributed by atoms with Gasteiger partial charge in [0, 0.05) is 50.8 Å². The number of aliphatic hydroxyl groups is 5. The molecule has 67 heavy (non-hydrogen) atoms. The molecule has 4 aromatic heterocycles. The predicted molar refractivity (Wildman–Crippen MR) is 259 cm³/mol. The maximum atomic E-state index is 14.0. The minimum Gasteiger partial charge on any atom is -0.487 e. The van der Waals surface area contributed by atoms with Gasteiger partial charge in [0.25, 0.3) is 0 Å². The summed E-state index contributed by atoms with van der Waals surface area (Å²) in [6, 6.07) is 19.0. The number of hydrogen-bond donors (Lipinski definition) is 9. The van der Waals surface area contributed by atoms with Crippen molar-refractivity contribution in [1.82, 2.24) is 34.8 Å². The number of anilines is 4. The van der Waals surface area contributed by atoms with Gasteiger partial charge in [0.15, 0.2) is 5.72 Å². The van der Waals surface area contributed by atoms with Crippen LogP contribution in [-0.4, -0.2) is 131 Å². The molecule has 9 N–H and O–H groups in total. The molecule has 0 spiro atoms. The number of aliphatic hydroxyl groups excluding tert-OH is 4. The number of nitrogens with one attached hydrogen (secondary N) is 4. The molecule has 4 heterocycles. The molecule has 9 rings (SSSR count). The van der Waals surface area contributed by atoms with Crippen LogP contribution in [0.25, 0.3) is 41.6 Å². The second-order valence-corrected chi connectivity index (χ2v) is 19.6. The van der Waals surface area contributed by atoms with Gasteiger partial charge in [-0.3, -0.25) is 0 Å². The Bertz CT molecular complexity index is 2850. The first-order chi connectivity index (χ1) is 32.3. The highest BCUT2D eigenvalue weighted by molar-refractivity contribution is 7.22. The molecule has 7 atom stereocenters. The predicted octanol–water partition coefficient (Wildman–Crippen LogP) is 5.63. The largest absolute Gasteiger partial charge is 0.487 e. The molecule has 20 heteroatoms. The van der Waals surface area contributed by atoms with E-state index < -0.39 is 41.9 Å². The molecular weight excluding hydrogens is 898 g/mol. The van der Waals surface area contributed by atoms with E-state index in [1.54, 1.807) is 18.2 Å². The lowest BCUT2D eigenvalue weighted by atomic mass is 10.0. The van der Waals surface area contributed by atoms with Crippen LogP contribution in [0.5, 0.6) is 5.75 Å². The summed E-state index contributed by atoms with van der Waals surface area (Å²) in [4.78, 5) is 31.0. The van der Waals surface area contributed by atoms with Crippen LogP contribution in [0, 0.1) is 31.5 Å². The van der Waals surface area contributed by atoms with Gasteiger partial charge in [0.2, 0.25) is 11.9 Å². The van der Waals surface area contributed by atoms with E-state index >= 15 is 0 Å². The van der Waals surface area contributed by atoms with Crippen molar-refractivity contribution in [1.29, 1.82) is 0 Å². The van der Waals surface area contributed by atoms with E-state index in [9.17, 15) is 29.9 Å². The Kier molecular flexibility index (Phi) is 13.5. The molecule has 3 aromatic carbocycles. The van der Waals surface area contributed by atoms with E-state index in [1.165, 1.54) is 34.8 Å². The number of thiazole rings is 2. The van der Waals surface area contributed by atoms with Crippen LogP contribution < -0.4 is 26.0 Å². The van der Waals surface area contributed by atoms with Gasteiger partial charge >= 0.3 is 0 Å². The summed E-state index contributed by atoms with van der Waals surface area (Å²) < 4.78 is 22.4. The molecule has 2 aliphatic carbocycles. The molecule has 2 fully saturated rings. The Hall–Kier alpha value is -5.71. The number of nitrogens with zero attached hydrogens (tertiary/aromatic N) is 7. The lowest BCUT2D eigenvalue weighted by Crippen LogP contribution is -2.48. The number of hydrogen-bond acceptors (Lipinski definition) is 19. The zero-order valence-corrected chi connectivity index (χ0v) is 39.1. The van der Waals surface area contributed by atoms with E-state index in [-0.39, 0.29) is 37.8 Å². The summed E-state index contributed by atoms with van der Waals surface area (Å²) in [6.07, 6.45) is -2.15. The molecule has 0 saturated heterocycles. The molecule has 352 valence electrons. The minimum atomic E-state index is -1.74. The van der Waals surface area contributed by atoms with Crippen molar-refractivity contribution in [2.24, 2.45) is 11.8 Å². The summed E-state index contributed by atoms with van der Waals surface area (Å²) in [5, 5.41) is 69.5. The highest BCUT2D eigenvalue weighted by Crippen LogP contribution is 2.43. The fraction of sp³-hybridized carbons (Fsp3) is 0.404. The summed E-state index contributed by atoms with van der Waals surface area (Å²) in [5.41, 5.74) is 2.88. The smallest absolute Gasteiger partial charge is 0.225 e. The van der Waals surface area contributed by atoms with E-state index in [0.29, 0.717) is 80.9 Å². The van der Waals surface area contributed by atoms with Gasteiger partial charge in [0.1, 0.15) is 51.5 Å². The lowest BCUT2D eigenvalue weighted by molar-refractivity contribution is -0.0545. The molecule has 2 saturated carbocycles. The van der Waals surface area contributed by atoms with Gasteiger partial charge in [-0.2, -0.15) is 9.97 Å². The van der Waals surface area contributed by atoms with Crippen LogP contribution in [0.15, 0.2) is 66.7 Å². The molecular formula is C47H54FN11O6S2. The first-order valence-corrected chi connectivity index (χ1v) is 23.8. The molecule has 0 amide bonds. The van der Waals surface area contributed by atoms with E-state index in [0.717, 1.165) is 27.0 Å². The second-order valence-electron chi connectivity index (χ2n) is 17.5. The average molecular weight is 952 g/mol. The van der Waals surface area contributed by atoms with E-state index in [2.05, 4.69) is 21.3 Å². The van der Waals surface area contributed by atoms with Gasteiger partial charge in [-0.05, 0) is 89.2 Å². The quantitative estimate of drug-likeness (QED) is 0.0503. The van der Waals surface area contributed by atoms with Gasteiger partial charge in [-0.1, -0.05) is 24.3 Å². The third kappa shape index (κ3) is 9.84. The Labute approximate surface area is 394 Å². The van der Waals surface area contributed by atoms with Crippen LogP contribution in [0.1, 0.15) is 36.2 Å². The fourth-order valence-corrected chi connectivity index (χ4v) is 11.0. The van der Waals surface area contributed by atoms with Gasteiger partial charge in [0.05, 0.1) is 49.0 Å². The van der Waals surface area contributed by atoms with Gasteiger partial charge in [-0.25, -0.2) is 24.3 Å². The normalized spacial score (nSPS) is 22.8. The summed E-state index contributed by atoms with van der Waals surface area (Å²) >= 11 is 2.90. The molecule has 17 nitrogen and oxygen atoms in total. The van der Waals surface area contributed by atoms with Crippen LogP contribution in [-0.2, 0) is 6.54 Å². The number of aromatic nitrogens is 6. The van der Waals surface area contributed by atoms with Crippen LogP contribution >= 0.6 is 22.7 Å². The summed E-state index contributed by atoms with van der Waals surface area (Å²) in [7, 11) is 3.93. The third-order valence-electron chi connectivity index (χ3n) is 12.4. The number of rotatable bonds is 17. The number of para-hydroxylation sites is 1. The molecule has 0 bridgehead atoms. The summed E-state index contributed by atoms with van der Waals surface area (Å²) in [6.45, 7) is 4.78. The maximum absolute atomic E-state index is 14.0. The Balaban J connectivity index is 0.981. The van der Waals surface area contributed by atoms with Gasteiger partial charge < -0.3 is 56.4 Å². The first-order valence-electron chi connectivity index (χ1n) is 22.2. The van der Waals surface area contributed by atoms with Crippen molar-refractivity contribution >= 4 is 66.6 Å². The SMILES string of the molecule is Cc1nc(NCc2cccc(F)c2)nc(NC2CC(CO)C(Oc3ccc4sc(-c5c(C)nc(NCCN(C)C)nc5NC5(O)CCC(CO)C5O)nc4c3)C2O)c1-c1nc2ccccc2s1. The maximum Gasteiger partial charge on any atom is 0.225 e. The number of halogens is 1. The Morgan fingerprint density at radius 2 is 1.48 bits per heavy atom. The first kappa shape index (κ1) is 46.4. The molecule has 0 radical (unpaired) electrons. The van der Waals surface area contributed by atoms with Crippen molar-refractivity contribution in [2.45, 2.75) is 69.7 Å².